The first-order valence-electron chi connectivity index (χ1n) is 8.69. The predicted octanol–water partition coefficient (Wildman–Crippen LogP) is 4.83. The molecular formula is C21H19F2NO4. The van der Waals surface area contributed by atoms with Gasteiger partial charge in [-0.15, -0.1) is 0 Å². The molecule has 0 spiro atoms. The largest absolute Gasteiger partial charge is 0.489 e. The van der Waals surface area contributed by atoms with Gasteiger partial charge in [0.15, 0.2) is 0 Å². The van der Waals surface area contributed by atoms with Crippen LogP contribution in [0.1, 0.15) is 29.0 Å². The number of benzene rings is 2. The van der Waals surface area contributed by atoms with E-state index in [2.05, 4.69) is 5.16 Å². The number of rotatable bonds is 7. The third-order valence-corrected chi connectivity index (χ3v) is 4.32. The molecule has 0 saturated carbocycles. The van der Waals surface area contributed by atoms with E-state index in [1.165, 1.54) is 24.3 Å². The van der Waals surface area contributed by atoms with Crippen LogP contribution in [0.4, 0.5) is 8.78 Å². The molecule has 7 heteroatoms. The zero-order valence-corrected chi connectivity index (χ0v) is 15.5. The van der Waals surface area contributed by atoms with Crippen molar-refractivity contribution in [2.45, 2.75) is 33.3 Å². The molecule has 0 saturated heterocycles. The van der Waals surface area contributed by atoms with E-state index >= 15 is 0 Å². The van der Waals surface area contributed by atoms with Gasteiger partial charge in [-0.05, 0) is 61.2 Å². The lowest BCUT2D eigenvalue weighted by molar-refractivity contribution is -0.136. The number of ether oxygens (including phenoxy) is 1. The predicted molar refractivity (Wildman–Crippen MR) is 98.1 cm³/mol. The number of carboxylic acids is 1. The maximum atomic E-state index is 14.1. The second kappa shape index (κ2) is 8.21. The minimum absolute atomic E-state index is 0.0437. The fourth-order valence-electron chi connectivity index (χ4n) is 3.00. The molecule has 0 unspecified atom stereocenters. The molecule has 1 N–H and O–H groups in total. The number of nitrogens with zero attached hydrogens (tertiary/aromatic N) is 1. The highest BCUT2D eigenvalue weighted by Crippen LogP contribution is 2.29. The average Bonchev–Trinajstić information content (AvgIpc) is 2.97. The first kappa shape index (κ1) is 19.5. The highest BCUT2D eigenvalue weighted by atomic mass is 19.1. The first-order valence-corrected chi connectivity index (χ1v) is 8.69. The Labute approximate surface area is 160 Å². The molecular weight excluding hydrogens is 368 g/mol. The normalized spacial score (nSPS) is 10.9. The SMILES string of the molecule is Cc1noc(C)c1-c1cc(F)cc(COc2ccc(CCC(=O)O)c(F)c2)c1. The summed E-state index contributed by atoms with van der Waals surface area (Å²) in [4.78, 5) is 10.6. The van der Waals surface area contributed by atoms with Gasteiger partial charge in [-0.2, -0.15) is 0 Å². The van der Waals surface area contributed by atoms with Gasteiger partial charge in [0.2, 0.25) is 0 Å². The van der Waals surface area contributed by atoms with Crippen molar-refractivity contribution < 1.29 is 27.9 Å². The highest BCUT2D eigenvalue weighted by molar-refractivity contribution is 5.68. The molecule has 2 aromatic carbocycles. The number of hydrogen-bond acceptors (Lipinski definition) is 4. The first-order chi connectivity index (χ1) is 13.3. The summed E-state index contributed by atoms with van der Waals surface area (Å²) in [5.41, 5.74) is 2.90. The van der Waals surface area contributed by atoms with Crippen molar-refractivity contribution in [3.63, 3.8) is 0 Å². The summed E-state index contributed by atoms with van der Waals surface area (Å²) in [5, 5.41) is 12.6. The second-order valence-corrected chi connectivity index (χ2v) is 6.48. The van der Waals surface area contributed by atoms with E-state index in [0.717, 1.165) is 5.56 Å². The van der Waals surface area contributed by atoms with E-state index in [9.17, 15) is 13.6 Å². The molecule has 0 aliphatic rings. The Morgan fingerprint density at radius 2 is 1.96 bits per heavy atom. The number of aliphatic carboxylic acids is 1. The van der Waals surface area contributed by atoms with Crippen molar-refractivity contribution in [3.8, 4) is 16.9 Å². The summed E-state index contributed by atoms with van der Waals surface area (Å²) in [6, 6.07) is 8.77. The maximum Gasteiger partial charge on any atom is 0.303 e. The lowest BCUT2D eigenvalue weighted by atomic mass is 10.0. The molecule has 0 radical (unpaired) electrons. The van der Waals surface area contributed by atoms with Crippen LogP contribution in [0.15, 0.2) is 40.9 Å². The van der Waals surface area contributed by atoms with Gasteiger partial charge in [-0.1, -0.05) is 11.2 Å². The quantitative estimate of drug-likeness (QED) is 0.628. The van der Waals surface area contributed by atoms with Gasteiger partial charge in [-0.25, -0.2) is 8.78 Å². The van der Waals surface area contributed by atoms with Gasteiger partial charge in [-0.3, -0.25) is 4.79 Å². The summed E-state index contributed by atoms with van der Waals surface area (Å²) in [6.07, 6.45) is -0.0446. The van der Waals surface area contributed by atoms with Gasteiger partial charge < -0.3 is 14.4 Å². The zero-order valence-electron chi connectivity index (χ0n) is 15.5. The molecule has 0 amide bonds. The molecule has 1 aromatic heterocycles. The third-order valence-electron chi connectivity index (χ3n) is 4.32. The van der Waals surface area contributed by atoms with Crippen molar-refractivity contribution >= 4 is 5.97 Å². The molecule has 5 nitrogen and oxygen atoms in total. The van der Waals surface area contributed by atoms with Gasteiger partial charge in [0.05, 0.1) is 5.69 Å². The Morgan fingerprint density at radius 1 is 1.18 bits per heavy atom. The highest BCUT2D eigenvalue weighted by Gasteiger charge is 2.14. The topological polar surface area (TPSA) is 72.6 Å². The molecule has 0 atom stereocenters. The van der Waals surface area contributed by atoms with Crippen LogP contribution >= 0.6 is 0 Å². The van der Waals surface area contributed by atoms with Gasteiger partial charge in [0.25, 0.3) is 0 Å². The van der Waals surface area contributed by atoms with Crippen molar-refractivity contribution in [1.29, 1.82) is 0 Å². The van der Waals surface area contributed by atoms with Crippen LogP contribution in [0.5, 0.6) is 5.75 Å². The Hall–Kier alpha value is -3.22. The molecule has 0 aliphatic heterocycles. The van der Waals surface area contributed by atoms with Crippen LogP contribution in [0, 0.1) is 25.5 Å². The van der Waals surface area contributed by atoms with Crippen molar-refractivity contribution in [2.24, 2.45) is 0 Å². The number of carboxylic acid groups (broad SMARTS) is 1. The smallest absolute Gasteiger partial charge is 0.303 e. The average molecular weight is 387 g/mol. The fourth-order valence-corrected chi connectivity index (χ4v) is 3.00. The van der Waals surface area contributed by atoms with Crippen LogP contribution in [0.25, 0.3) is 11.1 Å². The Kier molecular flexibility index (Phi) is 5.73. The monoisotopic (exact) mass is 387 g/mol. The van der Waals surface area contributed by atoms with E-state index < -0.39 is 17.6 Å². The number of halogens is 2. The summed E-state index contributed by atoms with van der Waals surface area (Å²) in [5.74, 6) is -1.07. The molecule has 28 heavy (non-hydrogen) atoms. The van der Waals surface area contributed by atoms with E-state index in [1.54, 1.807) is 26.0 Å². The zero-order chi connectivity index (χ0) is 20.3. The van der Waals surface area contributed by atoms with Crippen LogP contribution in [0.3, 0.4) is 0 Å². The molecule has 0 aliphatic carbocycles. The Bertz CT molecular complexity index is 994. The van der Waals surface area contributed by atoms with Crippen molar-refractivity contribution in [3.05, 3.63) is 70.6 Å². The Balaban J connectivity index is 1.74. The lowest BCUT2D eigenvalue weighted by Crippen LogP contribution is -2.01. The molecule has 146 valence electrons. The second-order valence-electron chi connectivity index (χ2n) is 6.48. The molecule has 1 heterocycles. The van der Waals surface area contributed by atoms with Crippen LogP contribution in [0.2, 0.25) is 0 Å². The van der Waals surface area contributed by atoms with E-state index in [-0.39, 0.29) is 25.2 Å². The molecule has 3 rings (SSSR count). The minimum Gasteiger partial charge on any atom is -0.489 e. The summed E-state index contributed by atoms with van der Waals surface area (Å²) in [7, 11) is 0. The molecule has 3 aromatic rings. The number of aryl methyl sites for hydroxylation is 3. The van der Waals surface area contributed by atoms with E-state index in [1.807, 2.05) is 0 Å². The van der Waals surface area contributed by atoms with Crippen molar-refractivity contribution in [1.82, 2.24) is 5.16 Å². The maximum absolute atomic E-state index is 14.1. The summed E-state index contributed by atoms with van der Waals surface area (Å²) >= 11 is 0. The summed E-state index contributed by atoms with van der Waals surface area (Å²) < 4.78 is 38.9. The third kappa shape index (κ3) is 4.54. The number of hydrogen-bond donors (Lipinski definition) is 1. The van der Waals surface area contributed by atoms with Crippen LogP contribution < -0.4 is 4.74 Å². The van der Waals surface area contributed by atoms with Gasteiger partial charge >= 0.3 is 5.97 Å². The van der Waals surface area contributed by atoms with Crippen LogP contribution in [-0.4, -0.2) is 16.2 Å². The fraction of sp³-hybridized carbons (Fsp3) is 0.238. The van der Waals surface area contributed by atoms with Crippen molar-refractivity contribution in [2.75, 3.05) is 0 Å². The molecule has 0 fully saturated rings. The summed E-state index contributed by atoms with van der Waals surface area (Å²) in [6.45, 7) is 3.58. The van der Waals surface area contributed by atoms with E-state index in [0.29, 0.717) is 28.1 Å². The standard InChI is InChI=1S/C21H19F2NO4/c1-12-21(13(2)28-24-12)16-7-14(8-17(22)9-16)11-27-18-5-3-15(19(23)10-18)4-6-20(25)26/h3,5,7-10H,4,6,11H2,1-2H3,(H,25,26). The van der Waals surface area contributed by atoms with E-state index in [4.69, 9.17) is 14.4 Å². The van der Waals surface area contributed by atoms with Gasteiger partial charge in [0, 0.05) is 18.1 Å². The molecule has 0 bridgehead atoms. The number of carbonyl (C=O) groups is 1. The number of aromatic nitrogens is 1. The Morgan fingerprint density at radius 3 is 2.61 bits per heavy atom. The van der Waals surface area contributed by atoms with Gasteiger partial charge in [0.1, 0.15) is 29.8 Å². The van der Waals surface area contributed by atoms with Crippen LogP contribution in [-0.2, 0) is 17.8 Å². The minimum atomic E-state index is -0.986. The lowest BCUT2D eigenvalue weighted by Gasteiger charge is -2.10.